The second-order valence-corrected chi connectivity index (χ2v) is 7.03. The SMILES string of the molecule is CC(C)(C)c1ncc(NC(=O)NC2CCC(C(=O)O)CC2)cn1. The Balaban J connectivity index is 1.82. The molecule has 126 valence electrons. The largest absolute Gasteiger partial charge is 0.481 e. The maximum Gasteiger partial charge on any atom is 0.319 e. The average Bonchev–Trinajstić information content (AvgIpc) is 2.47. The Labute approximate surface area is 135 Å². The Kier molecular flexibility index (Phi) is 5.18. The number of carbonyl (C=O) groups is 2. The molecule has 23 heavy (non-hydrogen) atoms. The van der Waals surface area contributed by atoms with E-state index >= 15 is 0 Å². The van der Waals surface area contributed by atoms with Gasteiger partial charge in [-0.2, -0.15) is 0 Å². The zero-order valence-electron chi connectivity index (χ0n) is 13.8. The number of carbonyl (C=O) groups excluding carboxylic acids is 1. The third-order valence-corrected chi connectivity index (χ3v) is 3.99. The first-order valence-electron chi connectivity index (χ1n) is 7.88. The molecule has 7 heteroatoms. The number of carboxylic acid groups (broad SMARTS) is 1. The molecule has 1 fully saturated rings. The Morgan fingerprint density at radius 1 is 1.13 bits per heavy atom. The lowest BCUT2D eigenvalue weighted by Crippen LogP contribution is -2.41. The highest BCUT2D eigenvalue weighted by Gasteiger charge is 2.26. The third kappa shape index (κ3) is 4.91. The van der Waals surface area contributed by atoms with Crippen LogP contribution in [0.25, 0.3) is 0 Å². The summed E-state index contributed by atoms with van der Waals surface area (Å²) < 4.78 is 0. The standard InChI is InChI=1S/C16H24N4O3/c1-16(2,3)14-17-8-12(9-18-14)20-15(23)19-11-6-4-10(5-7-11)13(21)22/h8-11H,4-7H2,1-3H3,(H,21,22)(H2,19,20,23). The number of anilines is 1. The van der Waals surface area contributed by atoms with Crippen molar-refractivity contribution in [2.75, 3.05) is 5.32 Å². The topological polar surface area (TPSA) is 104 Å². The van der Waals surface area contributed by atoms with Crippen LogP contribution in [0.15, 0.2) is 12.4 Å². The van der Waals surface area contributed by atoms with Gasteiger partial charge in [-0.1, -0.05) is 20.8 Å². The molecule has 1 heterocycles. The lowest BCUT2D eigenvalue weighted by molar-refractivity contribution is -0.142. The van der Waals surface area contributed by atoms with Crippen LogP contribution in [-0.4, -0.2) is 33.1 Å². The number of aromatic nitrogens is 2. The molecule has 3 N–H and O–H groups in total. The zero-order valence-corrected chi connectivity index (χ0v) is 13.8. The highest BCUT2D eigenvalue weighted by atomic mass is 16.4. The van der Waals surface area contributed by atoms with Crippen LogP contribution in [0.2, 0.25) is 0 Å². The Bertz CT molecular complexity index is 558. The number of nitrogens with one attached hydrogen (secondary N) is 2. The van der Waals surface area contributed by atoms with Crippen LogP contribution in [0.5, 0.6) is 0 Å². The predicted molar refractivity (Wildman–Crippen MR) is 86.3 cm³/mol. The van der Waals surface area contributed by atoms with E-state index in [-0.39, 0.29) is 23.4 Å². The number of aliphatic carboxylic acids is 1. The third-order valence-electron chi connectivity index (χ3n) is 3.99. The van der Waals surface area contributed by atoms with E-state index in [0.29, 0.717) is 31.4 Å². The monoisotopic (exact) mass is 320 g/mol. The molecule has 1 aliphatic carbocycles. The van der Waals surface area contributed by atoms with Crippen molar-refractivity contribution in [2.45, 2.75) is 57.9 Å². The molecular weight excluding hydrogens is 296 g/mol. The van der Waals surface area contributed by atoms with E-state index in [9.17, 15) is 9.59 Å². The Hall–Kier alpha value is -2.18. The zero-order chi connectivity index (χ0) is 17.0. The van der Waals surface area contributed by atoms with E-state index in [4.69, 9.17) is 5.11 Å². The first-order valence-corrected chi connectivity index (χ1v) is 7.88. The van der Waals surface area contributed by atoms with Crippen LogP contribution in [0.4, 0.5) is 10.5 Å². The summed E-state index contributed by atoms with van der Waals surface area (Å²) in [5.41, 5.74) is 0.401. The quantitative estimate of drug-likeness (QED) is 0.794. The van der Waals surface area contributed by atoms with E-state index in [2.05, 4.69) is 20.6 Å². The van der Waals surface area contributed by atoms with Crippen LogP contribution >= 0.6 is 0 Å². The van der Waals surface area contributed by atoms with E-state index in [1.165, 1.54) is 0 Å². The van der Waals surface area contributed by atoms with Gasteiger partial charge in [0.2, 0.25) is 0 Å². The number of hydrogen-bond donors (Lipinski definition) is 3. The maximum atomic E-state index is 12.0. The Morgan fingerprint density at radius 3 is 2.17 bits per heavy atom. The molecule has 0 saturated heterocycles. The predicted octanol–water partition coefficient (Wildman–Crippen LogP) is 2.54. The van der Waals surface area contributed by atoms with Crippen molar-refractivity contribution in [3.8, 4) is 0 Å². The molecule has 1 aromatic heterocycles. The lowest BCUT2D eigenvalue weighted by Gasteiger charge is -2.26. The van der Waals surface area contributed by atoms with Crippen molar-refractivity contribution in [1.29, 1.82) is 0 Å². The van der Waals surface area contributed by atoms with Gasteiger partial charge in [0.25, 0.3) is 0 Å². The number of nitrogens with zero attached hydrogens (tertiary/aromatic N) is 2. The van der Waals surface area contributed by atoms with Gasteiger partial charge in [0, 0.05) is 11.5 Å². The molecule has 0 aliphatic heterocycles. The van der Waals surface area contributed by atoms with Gasteiger partial charge in [0.05, 0.1) is 24.0 Å². The number of amides is 2. The summed E-state index contributed by atoms with van der Waals surface area (Å²) in [6, 6.07) is -0.295. The average molecular weight is 320 g/mol. The minimum absolute atomic E-state index is 0.0142. The molecule has 0 atom stereocenters. The van der Waals surface area contributed by atoms with E-state index < -0.39 is 5.97 Å². The minimum atomic E-state index is -0.746. The first kappa shape index (κ1) is 17.2. The van der Waals surface area contributed by atoms with Crippen molar-refractivity contribution >= 4 is 17.7 Å². The molecule has 1 saturated carbocycles. The molecule has 7 nitrogen and oxygen atoms in total. The molecule has 1 aliphatic rings. The maximum absolute atomic E-state index is 12.0. The molecule has 0 radical (unpaired) electrons. The van der Waals surface area contributed by atoms with Crippen molar-refractivity contribution < 1.29 is 14.7 Å². The number of urea groups is 1. The molecule has 0 aromatic carbocycles. The second kappa shape index (κ2) is 6.93. The summed E-state index contributed by atoms with van der Waals surface area (Å²) in [7, 11) is 0. The Morgan fingerprint density at radius 2 is 1.70 bits per heavy atom. The number of carboxylic acids is 1. The van der Waals surface area contributed by atoms with Gasteiger partial charge in [-0.3, -0.25) is 4.79 Å². The summed E-state index contributed by atoms with van der Waals surface area (Å²) in [6.07, 6.45) is 5.75. The molecule has 2 rings (SSSR count). The lowest BCUT2D eigenvalue weighted by atomic mass is 9.86. The molecule has 0 spiro atoms. The van der Waals surface area contributed by atoms with Crippen molar-refractivity contribution in [3.63, 3.8) is 0 Å². The molecular formula is C16H24N4O3. The van der Waals surface area contributed by atoms with Gasteiger partial charge in [0.1, 0.15) is 5.82 Å². The normalized spacial score (nSPS) is 21.5. The molecule has 0 bridgehead atoms. The van der Waals surface area contributed by atoms with Crippen molar-refractivity contribution in [2.24, 2.45) is 5.92 Å². The van der Waals surface area contributed by atoms with Gasteiger partial charge in [0.15, 0.2) is 0 Å². The van der Waals surface area contributed by atoms with Gasteiger partial charge in [-0.05, 0) is 25.7 Å². The van der Waals surface area contributed by atoms with Crippen LogP contribution in [0.1, 0.15) is 52.3 Å². The van der Waals surface area contributed by atoms with Crippen molar-refractivity contribution in [3.05, 3.63) is 18.2 Å². The van der Waals surface area contributed by atoms with Crippen LogP contribution in [0, 0.1) is 5.92 Å². The summed E-state index contributed by atoms with van der Waals surface area (Å²) in [6.45, 7) is 6.07. The van der Waals surface area contributed by atoms with Gasteiger partial charge >= 0.3 is 12.0 Å². The van der Waals surface area contributed by atoms with Gasteiger partial charge in [-0.25, -0.2) is 14.8 Å². The summed E-state index contributed by atoms with van der Waals surface area (Å²) in [4.78, 5) is 31.4. The summed E-state index contributed by atoms with van der Waals surface area (Å²) in [5, 5.41) is 14.6. The fourth-order valence-corrected chi connectivity index (χ4v) is 2.62. The first-order chi connectivity index (χ1) is 10.8. The minimum Gasteiger partial charge on any atom is -0.481 e. The smallest absolute Gasteiger partial charge is 0.319 e. The summed E-state index contributed by atoms with van der Waals surface area (Å²) in [5.74, 6) is -0.311. The highest BCUT2D eigenvalue weighted by molar-refractivity contribution is 5.89. The van der Waals surface area contributed by atoms with E-state index in [1.807, 2.05) is 20.8 Å². The van der Waals surface area contributed by atoms with Crippen molar-refractivity contribution in [1.82, 2.24) is 15.3 Å². The number of hydrogen-bond acceptors (Lipinski definition) is 4. The highest BCUT2D eigenvalue weighted by Crippen LogP contribution is 2.24. The van der Waals surface area contributed by atoms with E-state index in [0.717, 1.165) is 5.82 Å². The van der Waals surface area contributed by atoms with Gasteiger partial charge < -0.3 is 15.7 Å². The second-order valence-electron chi connectivity index (χ2n) is 7.03. The summed E-state index contributed by atoms with van der Waals surface area (Å²) >= 11 is 0. The molecule has 1 aromatic rings. The fourth-order valence-electron chi connectivity index (χ4n) is 2.62. The van der Waals surface area contributed by atoms with Gasteiger partial charge in [-0.15, -0.1) is 0 Å². The van der Waals surface area contributed by atoms with E-state index in [1.54, 1.807) is 12.4 Å². The van der Waals surface area contributed by atoms with Crippen LogP contribution in [-0.2, 0) is 10.2 Å². The number of rotatable bonds is 3. The molecule has 0 unspecified atom stereocenters. The van der Waals surface area contributed by atoms with Crippen LogP contribution < -0.4 is 10.6 Å². The molecule has 2 amide bonds. The fraction of sp³-hybridized carbons (Fsp3) is 0.625. The van der Waals surface area contributed by atoms with Crippen LogP contribution in [0.3, 0.4) is 0 Å².